The Balaban J connectivity index is 0.00000191. The normalized spacial score (nSPS) is 9.76. The van der Waals surface area contributed by atoms with Gasteiger partial charge in [-0.15, -0.1) is 0 Å². The van der Waals surface area contributed by atoms with Crippen LogP contribution in [-0.4, -0.2) is 18.4 Å². The van der Waals surface area contributed by atoms with Gasteiger partial charge < -0.3 is 10.2 Å². The van der Waals surface area contributed by atoms with Crippen LogP contribution in [0.3, 0.4) is 0 Å². The van der Waals surface area contributed by atoms with Crippen molar-refractivity contribution in [2.75, 3.05) is 7.05 Å². The molecule has 0 bridgehead atoms. The molecule has 1 amide bonds. The summed E-state index contributed by atoms with van der Waals surface area (Å²) in [6.45, 7) is 10.5. The molecular formula is C17H23N3O. The summed E-state index contributed by atoms with van der Waals surface area (Å²) in [5.74, 6) is 0. The molecule has 4 nitrogen and oxygen atoms in total. The van der Waals surface area contributed by atoms with Crippen LogP contribution in [0, 0.1) is 11.3 Å². The maximum absolute atomic E-state index is 10.2. The molecule has 0 saturated heterocycles. The summed E-state index contributed by atoms with van der Waals surface area (Å²) in [5.41, 5.74) is 3.38. The van der Waals surface area contributed by atoms with Crippen LogP contribution in [0.4, 0.5) is 0 Å². The summed E-state index contributed by atoms with van der Waals surface area (Å²) in [7, 11) is 1.92. The van der Waals surface area contributed by atoms with Crippen molar-refractivity contribution in [2.24, 2.45) is 0 Å². The highest BCUT2D eigenvalue weighted by Gasteiger charge is 2.05. The van der Waals surface area contributed by atoms with Gasteiger partial charge >= 0.3 is 0 Å². The number of hydrogen-bond acceptors (Lipinski definition) is 3. The monoisotopic (exact) mass is 285 g/mol. The largest absolute Gasteiger partial charge is 0.370 e. The van der Waals surface area contributed by atoms with E-state index in [-0.39, 0.29) is 0 Å². The van der Waals surface area contributed by atoms with Gasteiger partial charge in [-0.2, -0.15) is 5.26 Å². The van der Waals surface area contributed by atoms with E-state index in [4.69, 9.17) is 5.26 Å². The first-order chi connectivity index (χ1) is 10.1. The lowest BCUT2D eigenvalue weighted by Crippen LogP contribution is -2.18. The van der Waals surface area contributed by atoms with Gasteiger partial charge in [-0.1, -0.05) is 32.6 Å². The molecule has 112 valence electrons. The average molecular weight is 285 g/mol. The highest BCUT2D eigenvalue weighted by molar-refractivity contribution is 5.49. The maximum Gasteiger partial charge on any atom is 0.211 e. The Morgan fingerprint density at radius 3 is 2.71 bits per heavy atom. The molecule has 0 aliphatic carbocycles. The first-order valence-corrected chi connectivity index (χ1v) is 6.84. The molecule has 1 aromatic carbocycles. The van der Waals surface area contributed by atoms with E-state index in [9.17, 15) is 4.79 Å². The number of hydrogen-bond donors (Lipinski definition) is 1. The first-order valence-electron chi connectivity index (χ1n) is 6.84. The van der Waals surface area contributed by atoms with Crippen molar-refractivity contribution in [3.63, 3.8) is 0 Å². The van der Waals surface area contributed by atoms with E-state index in [1.807, 2.05) is 50.9 Å². The molecule has 1 rings (SSSR count). The van der Waals surface area contributed by atoms with E-state index in [0.717, 1.165) is 16.8 Å². The Hall–Kier alpha value is -2.54. The number of rotatable bonds is 6. The van der Waals surface area contributed by atoms with Crippen molar-refractivity contribution < 1.29 is 4.79 Å². The summed E-state index contributed by atoms with van der Waals surface area (Å²) in [4.78, 5) is 12.2. The molecule has 0 radical (unpaired) electrons. The molecule has 0 fully saturated rings. The lowest BCUT2D eigenvalue weighted by molar-refractivity contribution is -0.108. The van der Waals surface area contributed by atoms with Gasteiger partial charge in [-0.25, -0.2) is 0 Å². The number of nitriles is 1. The highest BCUT2D eigenvalue weighted by Crippen LogP contribution is 2.14. The molecule has 0 spiro atoms. The third kappa shape index (κ3) is 6.44. The van der Waals surface area contributed by atoms with Gasteiger partial charge in [0.1, 0.15) is 0 Å². The molecule has 0 heterocycles. The summed E-state index contributed by atoms with van der Waals surface area (Å²) in [6, 6.07) is 9.58. The third-order valence-electron chi connectivity index (χ3n) is 2.76. The summed E-state index contributed by atoms with van der Waals surface area (Å²) in [6.07, 6.45) is 2.23. The fourth-order valence-electron chi connectivity index (χ4n) is 1.65. The molecule has 21 heavy (non-hydrogen) atoms. The van der Waals surface area contributed by atoms with E-state index in [1.54, 1.807) is 12.3 Å². The van der Waals surface area contributed by atoms with Crippen LogP contribution in [-0.2, 0) is 11.3 Å². The predicted molar refractivity (Wildman–Crippen MR) is 86.1 cm³/mol. The van der Waals surface area contributed by atoms with Gasteiger partial charge in [-0.05, 0) is 30.2 Å². The average Bonchev–Trinajstić information content (AvgIpc) is 2.53. The molecule has 1 N–H and O–H groups in total. The number of allylic oxidation sites excluding steroid dienone is 1. The molecule has 1 aromatic rings. The standard InChI is InChI=1S/C15H17N3O.C2H6/c1-12(9-17-11-19)13(2)18(3)10-15-6-4-5-14(7-15)8-16;1-2/h4-7,9,11H,2,10H2,1,3H3,(H,17,19);1-2H3/b12-9-;. The zero-order valence-corrected chi connectivity index (χ0v) is 13.2. The van der Waals surface area contributed by atoms with Gasteiger partial charge in [-0.3, -0.25) is 4.79 Å². The van der Waals surface area contributed by atoms with Gasteiger partial charge in [0.15, 0.2) is 0 Å². The van der Waals surface area contributed by atoms with Crippen molar-refractivity contribution in [3.05, 3.63) is 59.4 Å². The van der Waals surface area contributed by atoms with Gasteiger partial charge in [0, 0.05) is 25.5 Å². The fourth-order valence-corrected chi connectivity index (χ4v) is 1.65. The predicted octanol–water partition coefficient (Wildman–Crippen LogP) is 3.18. The Morgan fingerprint density at radius 2 is 2.14 bits per heavy atom. The van der Waals surface area contributed by atoms with Crippen LogP contribution in [0.1, 0.15) is 31.9 Å². The van der Waals surface area contributed by atoms with Crippen LogP contribution < -0.4 is 5.32 Å². The number of nitrogens with one attached hydrogen (secondary N) is 1. The topological polar surface area (TPSA) is 56.1 Å². The van der Waals surface area contributed by atoms with Crippen LogP contribution >= 0.6 is 0 Å². The Bertz CT molecular complexity index is 541. The zero-order valence-electron chi connectivity index (χ0n) is 13.2. The quantitative estimate of drug-likeness (QED) is 0.645. The number of benzene rings is 1. The molecule has 0 unspecified atom stereocenters. The number of amides is 1. The SMILES string of the molecule is C=C(/C(C)=C\NC=O)N(C)Cc1cccc(C#N)c1.CC. The maximum atomic E-state index is 10.2. The minimum absolute atomic E-state index is 0.618. The Morgan fingerprint density at radius 1 is 1.48 bits per heavy atom. The fraction of sp³-hybridized carbons (Fsp3) is 0.294. The number of carbonyl (C=O) groups is 1. The summed E-state index contributed by atoms with van der Waals surface area (Å²) in [5, 5.41) is 11.4. The van der Waals surface area contributed by atoms with Crippen LogP contribution in [0.5, 0.6) is 0 Å². The van der Waals surface area contributed by atoms with Crippen molar-refractivity contribution >= 4 is 6.41 Å². The minimum atomic E-state index is 0.618. The highest BCUT2D eigenvalue weighted by atomic mass is 16.1. The van der Waals surface area contributed by atoms with Crippen molar-refractivity contribution in [1.29, 1.82) is 5.26 Å². The van der Waals surface area contributed by atoms with Gasteiger partial charge in [0.2, 0.25) is 6.41 Å². The molecule has 0 atom stereocenters. The van der Waals surface area contributed by atoms with Crippen molar-refractivity contribution in [1.82, 2.24) is 10.2 Å². The number of carbonyl (C=O) groups excluding carboxylic acids is 1. The number of nitrogens with zero attached hydrogens (tertiary/aromatic N) is 2. The second kappa shape index (κ2) is 10.3. The second-order valence-electron chi connectivity index (χ2n) is 4.23. The van der Waals surface area contributed by atoms with Crippen molar-refractivity contribution in [2.45, 2.75) is 27.3 Å². The molecule has 0 saturated carbocycles. The van der Waals surface area contributed by atoms with Crippen LogP contribution in [0.25, 0.3) is 0 Å². The molecule has 0 aromatic heterocycles. The van der Waals surface area contributed by atoms with E-state index in [1.165, 1.54) is 0 Å². The van der Waals surface area contributed by atoms with E-state index in [2.05, 4.69) is 18.0 Å². The van der Waals surface area contributed by atoms with Gasteiger partial charge in [0.25, 0.3) is 0 Å². The molecule has 0 aliphatic rings. The minimum Gasteiger partial charge on any atom is -0.370 e. The van der Waals surface area contributed by atoms with Gasteiger partial charge in [0.05, 0.1) is 11.6 Å². The van der Waals surface area contributed by atoms with Crippen molar-refractivity contribution in [3.8, 4) is 6.07 Å². The molecule has 4 heteroatoms. The third-order valence-corrected chi connectivity index (χ3v) is 2.76. The lowest BCUT2D eigenvalue weighted by atomic mass is 10.1. The number of likely N-dealkylation sites (N-methyl/N-ethyl adjacent to an activating group) is 1. The van der Waals surface area contributed by atoms with Crippen LogP contribution in [0.2, 0.25) is 0 Å². The van der Waals surface area contributed by atoms with E-state index >= 15 is 0 Å². The lowest BCUT2D eigenvalue weighted by Gasteiger charge is -2.22. The second-order valence-corrected chi connectivity index (χ2v) is 4.23. The Labute approximate surface area is 127 Å². The zero-order chi connectivity index (χ0) is 16.3. The molecular weight excluding hydrogens is 262 g/mol. The summed E-state index contributed by atoms with van der Waals surface area (Å²) < 4.78 is 0. The first kappa shape index (κ1) is 18.5. The van der Waals surface area contributed by atoms with E-state index in [0.29, 0.717) is 18.5 Å². The summed E-state index contributed by atoms with van der Waals surface area (Å²) >= 11 is 0. The van der Waals surface area contributed by atoms with E-state index < -0.39 is 0 Å². The molecule has 0 aliphatic heterocycles. The van der Waals surface area contributed by atoms with Crippen LogP contribution in [0.15, 0.2) is 48.3 Å². The Kier molecular flexibility index (Phi) is 9.03. The smallest absolute Gasteiger partial charge is 0.211 e.